The molecule has 1 fully saturated rings. The minimum atomic E-state index is -0.953. The lowest BCUT2D eigenvalue weighted by atomic mass is 10.1. The molecule has 0 bridgehead atoms. The summed E-state index contributed by atoms with van der Waals surface area (Å²) in [5.41, 5.74) is 0.775. The van der Waals surface area contributed by atoms with Gasteiger partial charge >= 0.3 is 5.97 Å². The van der Waals surface area contributed by atoms with Gasteiger partial charge in [0, 0.05) is 12.6 Å². The average Bonchev–Trinajstić information content (AvgIpc) is 3.02. The number of nitrogens with zero attached hydrogens (tertiary/aromatic N) is 1. The van der Waals surface area contributed by atoms with Crippen LogP contribution in [0.15, 0.2) is 24.3 Å². The minimum absolute atomic E-state index is 0.292. The topological polar surface area (TPSA) is 76.1 Å². The van der Waals surface area contributed by atoms with E-state index in [4.69, 9.17) is 14.6 Å². The first-order chi connectivity index (χ1) is 10.6. The number of carbonyl (C=O) groups excluding carboxylic acids is 1. The zero-order valence-corrected chi connectivity index (χ0v) is 12.6. The molecule has 1 unspecified atom stereocenters. The standard InChI is InChI=1S/C16H19NO5/c1-21-13-7-5-11(10-14(13)22-2)6-8-15(18)17-9-3-4-12(17)16(19)20/h5-8,10,12H,3-4,9H2,1-2H3,(H,19,20). The van der Waals surface area contributed by atoms with Crippen LogP contribution in [0.2, 0.25) is 0 Å². The fraction of sp³-hybridized carbons (Fsp3) is 0.375. The van der Waals surface area contributed by atoms with E-state index in [1.165, 1.54) is 18.1 Å². The summed E-state index contributed by atoms with van der Waals surface area (Å²) in [6, 6.07) is 4.58. The number of likely N-dealkylation sites (tertiary alicyclic amines) is 1. The van der Waals surface area contributed by atoms with Crippen molar-refractivity contribution in [1.82, 2.24) is 4.90 Å². The van der Waals surface area contributed by atoms with Gasteiger partial charge in [-0.25, -0.2) is 4.79 Å². The average molecular weight is 305 g/mol. The molecule has 6 heteroatoms. The molecule has 1 saturated heterocycles. The van der Waals surface area contributed by atoms with E-state index < -0.39 is 12.0 Å². The van der Waals surface area contributed by atoms with Crippen LogP contribution in [0.3, 0.4) is 0 Å². The molecule has 22 heavy (non-hydrogen) atoms. The number of amides is 1. The second-order valence-corrected chi connectivity index (χ2v) is 4.98. The van der Waals surface area contributed by atoms with Crippen LogP contribution in [0.25, 0.3) is 6.08 Å². The van der Waals surface area contributed by atoms with Crippen molar-refractivity contribution in [2.75, 3.05) is 20.8 Å². The zero-order valence-electron chi connectivity index (χ0n) is 12.6. The van der Waals surface area contributed by atoms with E-state index in [9.17, 15) is 9.59 Å². The van der Waals surface area contributed by atoms with Gasteiger partial charge in [0.2, 0.25) is 5.91 Å². The van der Waals surface area contributed by atoms with Gasteiger partial charge < -0.3 is 19.5 Å². The molecule has 1 aliphatic heterocycles. The number of carboxylic acids is 1. The van der Waals surface area contributed by atoms with Gasteiger partial charge in [-0.2, -0.15) is 0 Å². The SMILES string of the molecule is COc1ccc(C=CC(=O)N2CCCC2C(=O)O)cc1OC. The summed E-state index contributed by atoms with van der Waals surface area (Å²) in [5.74, 6) is -0.0665. The zero-order chi connectivity index (χ0) is 16.1. The lowest BCUT2D eigenvalue weighted by Crippen LogP contribution is -2.39. The van der Waals surface area contributed by atoms with Crippen molar-refractivity contribution >= 4 is 18.0 Å². The first-order valence-electron chi connectivity index (χ1n) is 7.00. The lowest BCUT2D eigenvalue weighted by molar-refractivity contribution is -0.146. The molecule has 1 heterocycles. The predicted octanol–water partition coefficient (Wildman–Crippen LogP) is 1.79. The van der Waals surface area contributed by atoms with Gasteiger partial charge in [-0.3, -0.25) is 4.79 Å². The first kappa shape index (κ1) is 15.9. The molecule has 1 aromatic carbocycles. The Balaban J connectivity index is 2.11. The maximum Gasteiger partial charge on any atom is 0.326 e. The second-order valence-electron chi connectivity index (χ2n) is 4.98. The lowest BCUT2D eigenvalue weighted by Gasteiger charge is -2.19. The van der Waals surface area contributed by atoms with Crippen LogP contribution in [0, 0.1) is 0 Å². The van der Waals surface area contributed by atoms with Crippen molar-refractivity contribution in [2.24, 2.45) is 0 Å². The summed E-state index contributed by atoms with van der Waals surface area (Å²) in [7, 11) is 3.09. The summed E-state index contributed by atoms with van der Waals surface area (Å²) in [6.45, 7) is 0.478. The summed E-state index contributed by atoms with van der Waals surface area (Å²) >= 11 is 0. The fourth-order valence-corrected chi connectivity index (χ4v) is 2.51. The van der Waals surface area contributed by atoms with Gasteiger partial charge in [0.05, 0.1) is 14.2 Å². The Hall–Kier alpha value is -2.50. The predicted molar refractivity (Wildman–Crippen MR) is 81.0 cm³/mol. The number of hydrogen-bond donors (Lipinski definition) is 1. The van der Waals surface area contributed by atoms with Crippen LogP contribution < -0.4 is 9.47 Å². The maximum absolute atomic E-state index is 12.1. The highest BCUT2D eigenvalue weighted by molar-refractivity contribution is 5.94. The molecule has 0 radical (unpaired) electrons. The molecule has 1 aromatic rings. The molecule has 1 atom stereocenters. The van der Waals surface area contributed by atoms with Crippen LogP contribution in [0.4, 0.5) is 0 Å². The second kappa shape index (κ2) is 6.98. The normalized spacial score (nSPS) is 17.7. The summed E-state index contributed by atoms with van der Waals surface area (Å²) in [4.78, 5) is 24.6. The van der Waals surface area contributed by atoms with Gasteiger partial charge in [0.25, 0.3) is 0 Å². The van der Waals surface area contributed by atoms with Crippen LogP contribution >= 0.6 is 0 Å². The highest BCUT2D eigenvalue weighted by Gasteiger charge is 2.32. The number of ether oxygens (including phenoxy) is 2. The van der Waals surface area contributed by atoms with Crippen molar-refractivity contribution in [3.8, 4) is 11.5 Å². The van der Waals surface area contributed by atoms with Crippen molar-refractivity contribution in [3.63, 3.8) is 0 Å². The number of benzene rings is 1. The van der Waals surface area contributed by atoms with Crippen molar-refractivity contribution in [1.29, 1.82) is 0 Å². The largest absolute Gasteiger partial charge is 0.493 e. The number of carbonyl (C=O) groups is 2. The Kier molecular flexibility index (Phi) is 5.04. The Morgan fingerprint density at radius 3 is 2.64 bits per heavy atom. The molecule has 0 saturated carbocycles. The number of aliphatic carboxylic acids is 1. The van der Waals surface area contributed by atoms with Gasteiger partial charge in [0.1, 0.15) is 6.04 Å². The van der Waals surface area contributed by atoms with E-state index >= 15 is 0 Å². The summed E-state index contributed by atoms with van der Waals surface area (Å²) < 4.78 is 10.3. The third kappa shape index (κ3) is 3.39. The molecule has 1 N–H and O–H groups in total. The first-order valence-corrected chi connectivity index (χ1v) is 7.00. The molecule has 6 nitrogen and oxygen atoms in total. The van der Waals surface area contributed by atoms with Gasteiger partial charge in [-0.1, -0.05) is 6.07 Å². The Labute approximate surface area is 128 Å². The highest BCUT2D eigenvalue weighted by Crippen LogP contribution is 2.28. The molecule has 0 aliphatic carbocycles. The van der Waals surface area contributed by atoms with Crippen molar-refractivity contribution in [2.45, 2.75) is 18.9 Å². The van der Waals surface area contributed by atoms with Crippen molar-refractivity contribution in [3.05, 3.63) is 29.8 Å². The quantitative estimate of drug-likeness (QED) is 0.839. The van der Waals surface area contributed by atoms with Gasteiger partial charge in [-0.15, -0.1) is 0 Å². The molecule has 0 spiro atoms. The van der Waals surface area contributed by atoms with Gasteiger partial charge in [-0.05, 0) is 36.6 Å². The van der Waals surface area contributed by atoms with E-state index in [-0.39, 0.29) is 5.91 Å². The maximum atomic E-state index is 12.1. The van der Waals surface area contributed by atoms with Crippen LogP contribution in [-0.4, -0.2) is 48.7 Å². The third-order valence-electron chi connectivity index (χ3n) is 3.65. The number of carboxylic acid groups (broad SMARTS) is 1. The van der Waals surface area contributed by atoms with E-state index in [1.54, 1.807) is 31.4 Å². The van der Waals surface area contributed by atoms with E-state index in [2.05, 4.69) is 0 Å². The highest BCUT2D eigenvalue weighted by atomic mass is 16.5. The van der Waals surface area contributed by atoms with Crippen molar-refractivity contribution < 1.29 is 24.2 Å². The number of hydrogen-bond acceptors (Lipinski definition) is 4. The fourth-order valence-electron chi connectivity index (χ4n) is 2.51. The Morgan fingerprint density at radius 2 is 2.00 bits per heavy atom. The molecule has 0 aromatic heterocycles. The smallest absolute Gasteiger partial charge is 0.326 e. The number of rotatable bonds is 5. The monoisotopic (exact) mass is 305 g/mol. The van der Waals surface area contributed by atoms with Crippen LogP contribution in [0.5, 0.6) is 11.5 Å². The Bertz CT molecular complexity index is 596. The molecule has 118 valence electrons. The van der Waals surface area contributed by atoms with Gasteiger partial charge in [0.15, 0.2) is 11.5 Å². The molecule has 1 amide bonds. The van der Waals surface area contributed by atoms with E-state index in [1.807, 2.05) is 0 Å². The molecule has 2 rings (SSSR count). The molecular weight excluding hydrogens is 286 g/mol. The van der Waals surface area contributed by atoms with E-state index in [0.29, 0.717) is 30.9 Å². The Morgan fingerprint density at radius 1 is 1.27 bits per heavy atom. The summed E-state index contributed by atoms with van der Waals surface area (Å²) in [6.07, 6.45) is 4.25. The molecular formula is C16H19NO5. The summed E-state index contributed by atoms with van der Waals surface area (Å²) in [5, 5.41) is 9.10. The van der Waals surface area contributed by atoms with Crippen LogP contribution in [0.1, 0.15) is 18.4 Å². The van der Waals surface area contributed by atoms with E-state index in [0.717, 1.165) is 5.56 Å². The minimum Gasteiger partial charge on any atom is -0.493 e. The van der Waals surface area contributed by atoms with Crippen LogP contribution in [-0.2, 0) is 9.59 Å². The third-order valence-corrected chi connectivity index (χ3v) is 3.65. The number of methoxy groups -OCH3 is 2. The molecule has 1 aliphatic rings.